The summed E-state index contributed by atoms with van der Waals surface area (Å²) in [5, 5.41) is 8.40. The van der Waals surface area contributed by atoms with Crippen molar-refractivity contribution in [3.8, 4) is 5.75 Å². The SMILES string of the molecule is COc1c(C(=O)Nc2ccc(C)cc2)cnc2c1c(C)nn2C1CCOCC1. The lowest BCUT2D eigenvalue weighted by molar-refractivity contribution is 0.0672. The van der Waals surface area contributed by atoms with Gasteiger partial charge in [0.2, 0.25) is 0 Å². The summed E-state index contributed by atoms with van der Waals surface area (Å²) < 4.78 is 13.1. The molecule has 1 aliphatic heterocycles. The number of carbonyl (C=O) groups excluding carboxylic acids is 1. The van der Waals surface area contributed by atoms with Crippen molar-refractivity contribution in [2.75, 3.05) is 25.6 Å². The number of nitrogens with one attached hydrogen (secondary N) is 1. The van der Waals surface area contributed by atoms with Crippen molar-refractivity contribution in [3.63, 3.8) is 0 Å². The Balaban J connectivity index is 1.72. The van der Waals surface area contributed by atoms with Gasteiger partial charge in [0.25, 0.3) is 5.91 Å². The number of aromatic nitrogens is 3. The molecular weight excluding hydrogens is 356 g/mol. The molecule has 7 nitrogen and oxygen atoms in total. The number of nitrogens with zero attached hydrogens (tertiary/aromatic N) is 3. The molecular formula is C21H24N4O3. The third-order valence-electron chi connectivity index (χ3n) is 5.14. The fourth-order valence-electron chi connectivity index (χ4n) is 3.64. The van der Waals surface area contributed by atoms with Gasteiger partial charge in [0.05, 0.1) is 24.2 Å². The van der Waals surface area contributed by atoms with Crippen molar-refractivity contribution in [1.82, 2.24) is 14.8 Å². The Morgan fingerprint density at radius 1 is 1.21 bits per heavy atom. The maximum Gasteiger partial charge on any atom is 0.261 e. The smallest absolute Gasteiger partial charge is 0.261 e. The number of methoxy groups -OCH3 is 1. The first-order valence-corrected chi connectivity index (χ1v) is 9.46. The average Bonchev–Trinajstić information content (AvgIpc) is 3.06. The summed E-state index contributed by atoms with van der Waals surface area (Å²) in [5.41, 5.74) is 3.80. The van der Waals surface area contributed by atoms with Gasteiger partial charge in [-0.1, -0.05) is 17.7 Å². The topological polar surface area (TPSA) is 78.3 Å². The molecule has 0 bridgehead atoms. The van der Waals surface area contributed by atoms with Gasteiger partial charge in [-0.05, 0) is 38.8 Å². The molecule has 0 radical (unpaired) electrons. The van der Waals surface area contributed by atoms with E-state index in [-0.39, 0.29) is 11.9 Å². The van der Waals surface area contributed by atoms with Crippen LogP contribution in [0.3, 0.4) is 0 Å². The highest BCUT2D eigenvalue weighted by molar-refractivity contribution is 6.09. The van der Waals surface area contributed by atoms with Crippen LogP contribution in [-0.2, 0) is 4.74 Å². The Bertz CT molecular complexity index is 1000. The lowest BCUT2D eigenvalue weighted by Crippen LogP contribution is -2.21. The van der Waals surface area contributed by atoms with Crippen LogP contribution in [0.2, 0.25) is 0 Å². The minimum atomic E-state index is -0.256. The Morgan fingerprint density at radius 2 is 1.93 bits per heavy atom. The molecule has 1 amide bonds. The van der Waals surface area contributed by atoms with Gasteiger partial charge in [-0.3, -0.25) is 4.79 Å². The third kappa shape index (κ3) is 3.33. The highest BCUT2D eigenvalue weighted by Gasteiger charge is 2.25. The summed E-state index contributed by atoms with van der Waals surface area (Å²) in [6, 6.07) is 7.90. The number of amides is 1. The van der Waals surface area contributed by atoms with E-state index in [1.54, 1.807) is 13.3 Å². The lowest BCUT2D eigenvalue weighted by atomic mass is 10.1. The molecule has 2 aromatic heterocycles. The number of aryl methyl sites for hydroxylation is 2. The van der Waals surface area contributed by atoms with E-state index in [9.17, 15) is 4.79 Å². The normalized spacial score (nSPS) is 15.0. The summed E-state index contributed by atoms with van der Waals surface area (Å²) in [4.78, 5) is 17.4. The molecule has 7 heteroatoms. The molecule has 0 spiro atoms. The van der Waals surface area contributed by atoms with E-state index in [2.05, 4.69) is 10.3 Å². The number of ether oxygens (including phenoxy) is 2. The van der Waals surface area contributed by atoms with E-state index in [4.69, 9.17) is 14.6 Å². The standard InChI is InChI=1S/C21H24N4O3/c1-13-4-6-15(7-5-13)23-21(26)17-12-22-20-18(19(17)27-3)14(2)24-25(20)16-8-10-28-11-9-16/h4-7,12,16H,8-11H2,1-3H3,(H,23,26). The van der Waals surface area contributed by atoms with Gasteiger partial charge in [-0.2, -0.15) is 5.10 Å². The average molecular weight is 380 g/mol. The molecule has 1 aromatic carbocycles. The van der Waals surface area contributed by atoms with Crippen LogP contribution in [0, 0.1) is 13.8 Å². The number of benzene rings is 1. The zero-order valence-electron chi connectivity index (χ0n) is 16.4. The van der Waals surface area contributed by atoms with E-state index in [1.165, 1.54) is 0 Å². The fourth-order valence-corrected chi connectivity index (χ4v) is 3.64. The van der Waals surface area contributed by atoms with Crippen molar-refractivity contribution in [3.05, 3.63) is 47.3 Å². The monoisotopic (exact) mass is 380 g/mol. The van der Waals surface area contributed by atoms with Crippen LogP contribution >= 0.6 is 0 Å². The van der Waals surface area contributed by atoms with E-state index < -0.39 is 0 Å². The van der Waals surface area contributed by atoms with Crippen molar-refractivity contribution in [1.29, 1.82) is 0 Å². The first-order chi connectivity index (χ1) is 13.6. The van der Waals surface area contributed by atoms with Crippen LogP contribution in [0.1, 0.15) is 40.5 Å². The zero-order chi connectivity index (χ0) is 19.7. The Hall–Kier alpha value is -2.93. The number of fused-ring (bicyclic) bond motifs is 1. The number of carbonyl (C=O) groups is 1. The van der Waals surface area contributed by atoms with Gasteiger partial charge >= 0.3 is 0 Å². The molecule has 1 fully saturated rings. The second kappa shape index (κ2) is 7.59. The molecule has 0 atom stereocenters. The van der Waals surface area contributed by atoms with Gasteiger partial charge in [0.1, 0.15) is 11.3 Å². The highest BCUT2D eigenvalue weighted by Crippen LogP contribution is 2.34. The summed E-state index contributed by atoms with van der Waals surface area (Å²) in [5.74, 6) is 0.249. The highest BCUT2D eigenvalue weighted by atomic mass is 16.5. The molecule has 4 rings (SSSR count). The van der Waals surface area contributed by atoms with Crippen LogP contribution in [-0.4, -0.2) is 41.0 Å². The second-order valence-electron chi connectivity index (χ2n) is 7.10. The first kappa shape index (κ1) is 18.4. The Kier molecular flexibility index (Phi) is 5.00. The molecule has 1 saturated heterocycles. The molecule has 3 aromatic rings. The minimum absolute atomic E-state index is 0.245. The minimum Gasteiger partial charge on any atom is -0.495 e. The van der Waals surface area contributed by atoms with Crippen LogP contribution in [0.25, 0.3) is 11.0 Å². The van der Waals surface area contributed by atoms with Gasteiger partial charge in [0, 0.05) is 25.1 Å². The Morgan fingerprint density at radius 3 is 2.61 bits per heavy atom. The fraction of sp³-hybridized carbons (Fsp3) is 0.381. The molecule has 146 valence electrons. The molecule has 0 unspecified atom stereocenters. The molecule has 0 saturated carbocycles. The molecule has 28 heavy (non-hydrogen) atoms. The van der Waals surface area contributed by atoms with E-state index in [0.717, 1.165) is 54.0 Å². The molecule has 0 aliphatic carbocycles. The number of hydrogen-bond acceptors (Lipinski definition) is 5. The maximum atomic E-state index is 12.9. The van der Waals surface area contributed by atoms with Crippen molar-refractivity contribution in [2.24, 2.45) is 0 Å². The molecule has 3 heterocycles. The van der Waals surface area contributed by atoms with Crippen LogP contribution in [0.4, 0.5) is 5.69 Å². The van der Waals surface area contributed by atoms with Crippen molar-refractivity contribution >= 4 is 22.6 Å². The Labute approximate surface area is 163 Å². The summed E-state index contributed by atoms with van der Waals surface area (Å²) in [7, 11) is 1.57. The maximum absolute atomic E-state index is 12.9. The third-order valence-corrected chi connectivity index (χ3v) is 5.14. The van der Waals surface area contributed by atoms with Crippen LogP contribution in [0.15, 0.2) is 30.5 Å². The van der Waals surface area contributed by atoms with Crippen LogP contribution in [0.5, 0.6) is 5.75 Å². The predicted octanol–water partition coefficient (Wildman–Crippen LogP) is 3.66. The number of anilines is 1. The quantitative estimate of drug-likeness (QED) is 0.747. The van der Waals surface area contributed by atoms with Gasteiger partial charge in [0.15, 0.2) is 5.65 Å². The van der Waals surface area contributed by atoms with Gasteiger partial charge in [-0.25, -0.2) is 9.67 Å². The molecule has 1 N–H and O–H groups in total. The zero-order valence-corrected chi connectivity index (χ0v) is 16.4. The van der Waals surface area contributed by atoms with E-state index >= 15 is 0 Å². The van der Waals surface area contributed by atoms with Gasteiger partial charge in [-0.15, -0.1) is 0 Å². The lowest BCUT2D eigenvalue weighted by Gasteiger charge is -2.22. The summed E-state index contributed by atoms with van der Waals surface area (Å²) >= 11 is 0. The summed E-state index contributed by atoms with van der Waals surface area (Å²) in [6.45, 7) is 5.37. The van der Waals surface area contributed by atoms with E-state index in [0.29, 0.717) is 11.3 Å². The summed E-state index contributed by atoms with van der Waals surface area (Å²) in [6.07, 6.45) is 3.37. The predicted molar refractivity (Wildman–Crippen MR) is 107 cm³/mol. The van der Waals surface area contributed by atoms with Crippen molar-refractivity contribution < 1.29 is 14.3 Å². The molecule has 1 aliphatic rings. The van der Waals surface area contributed by atoms with Crippen LogP contribution < -0.4 is 10.1 Å². The van der Waals surface area contributed by atoms with Crippen molar-refractivity contribution in [2.45, 2.75) is 32.7 Å². The number of pyridine rings is 1. The second-order valence-corrected chi connectivity index (χ2v) is 7.10. The van der Waals surface area contributed by atoms with E-state index in [1.807, 2.05) is 42.8 Å². The number of rotatable bonds is 4. The number of hydrogen-bond donors (Lipinski definition) is 1. The largest absolute Gasteiger partial charge is 0.495 e. The first-order valence-electron chi connectivity index (χ1n) is 9.46. The van der Waals surface area contributed by atoms with Gasteiger partial charge < -0.3 is 14.8 Å².